The molecule has 3 aromatic rings. The highest BCUT2D eigenvalue weighted by molar-refractivity contribution is 5.89. The molecule has 1 aliphatic carbocycles. The summed E-state index contributed by atoms with van der Waals surface area (Å²) in [6.07, 6.45) is 3.23. The highest BCUT2D eigenvalue weighted by Crippen LogP contribution is 2.51. The Kier molecular flexibility index (Phi) is 3.50. The number of nitrogens with zero attached hydrogens (tertiary/aromatic N) is 1. The number of rotatable bonds is 3. The summed E-state index contributed by atoms with van der Waals surface area (Å²) in [6.45, 7) is 6.66. The van der Waals surface area contributed by atoms with Crippen LogP contribution >= 0.6 is 0 Å². The van der Waals surface area contributed by atoms with E-state index in [2.05, 4.69) is 36.8 Å². The third kappa shape index (κ3) is 2.71. The van der Waals surface area contributed by atoms with Gasteiger partial charge in [0.15, 0.2) is 11.5 Å². The lowest BCUT2D eigenvalue weighted by molar-refractivity contribution is -0.137. The number of esters is 1. The summed E-state index contributed by atoms with van der Waals surface area (Å²) in [6, 6.07) is 9.55. The Morgan fingerprint density at radius 1 is 1.14 bits per heavy atom. The van der Waals surface area contributed by atoms with Crippen molar-refractivity contribution < 1.29 is 19.0 Å². The van der Waals surface area contributed by atoms with Crippen molar-refractivity contribution in [2.45, 2.75) is 44.4 Å². The summed E-state index contributed by atoms with van der Waals surface area (Å²) in [5.41, 5.74) is 2.34. The highest BCUT2D eigenvalue weighted by atomic mass is 16.7. The van der Waals surface area contributed by atoms with Crippen LogP contribution in [0.3, 0.4) is 0 Å². The average molecular weight is 378 g/mol. The van der Waals surface area contributed by atoms with Crippen molar-refractivity contribution in [2.24, 2.45) is 0 Å². The van der Waals surface area contributed by atoms with Gasteiger partial charge in [0, 0.05) is 22.6 Å². The van der Waals surface area contributed by atoms with Crippen molar-refractivity contribution in [3.8, 4) is 17.4 Å². The van der Waals surface area contributed by atoms with Crippen LogP contribution in [0.1, 0.15) is 44.9 Å². The maximum Gasteiger partial charge on any atom is 0.323 e. The number of pyridine rings is 1. The minimum absolute atomic E-state index is 0.00723. The van der Waals surface area contributed by atoms with Crippen LogP contribution in [-0.2, 0) is 15.6 Å². The second-order valence-electron chi connectivity index (χ2n) is 8.58. The molecule has 1 N–H and O–H groups in total. The highest BCUT2D eigenvalue weighted by Gasteiger charge is 2.53. The maximum absolute atomic E-state index is 13.0. The fourth-order valence-electron chi connectivity index (χ4n) is 3.59. The van der Waals surface area contributed by atoms with Crippen LogP contribution in [0.25, 0.3) is 10.9 Å². The number of H-pyrrole nitrogens is 1. The van der Waals surface area contributed by atoms with Gasteiger partial charge < -0.3 is 19.2 Å². The Bertz CT molecular complexity index is 1090. The second kappa shape index (κ2) is 5.74. The molecule has 6 nitrogen and oxygen atoms in total. The monoisotopic (exact) mass is 378 g/mol. The standard InChI is InChI=1S/C22H22N2O4/c1-21(2,3)18-8-13-9-19(23-11-15(13)24-18)28-20(25)22(6-7-22)14-4-5-16-17(10-14)27-12-26-16/h4-5,8-11,24H,6-7,12H2,1-3H3. The van der Waals surface area contributed by atoms with Gasteiger partial charge in [-0.3, -0.25) is 4.79 Å². The molecule has 6 heteroatoms. The second-order valence-corrected chi connectivity index (χ2v) is 8.58. The van der Waals surface area contributed by atoms with E-state index in [4.69, 9.17) is 14.2 Å². The lowest BCUT2D eigenvalue weighted by atomic mass is 9.92. The zero-order valence-electron chi connectivity index (χ0n) is 16.2. The lowest BCUT2D eigenvalue weighted by Gasteiger charge is -2.15. The number of carbonyl (C=O) groups is 1. The number of hydrogen-bond donors (Lipinski definition) is 1. The first-order chi connectivity index (χ1) is 13.3. The van der Waals surface area contributed by atoms with E-state index in [0.717, 1.165) is 35.0 Å². The molecule has 1 aromatic carbocycles. The van der Waals surface area contributed by atoms with E-state index in [1.54, 1.807) is 6.20 Å². The molecule has 0 atom stereocenters. The summed E-state index contributed by atoms with van der Waals surface area (Å²) >= 11 is 0. The van der Waals surface area contributed by atoms with Gasteiger partial charge in [-0.2, -0.15) is 0 Å². The van der Waals surface area contributed by atoms with E-state index < -0.39 is 5.41 Å². The first-order valence-electron chi connectivity index (χ1n) is 9.47. The fourth-order valence-corrected chi connectivity index (χ4v) is 3.59. The van der Waals surface area contributed by atoms with Crippen molar-refractivity contribution in [3.05, 3.63) is 47.8 Å². The predicted molar refractivity (Wildman–Crippen MR) is 104 cm³/mol. The molecule has 1 fully saturated rings. The fraction of sp³-hybridized carbons (Fsp3) is 0.364. The van der Waals surface area contributed by atoms with Crippen LogP contribution in [0.2, 0.25) is 0 Å². The third-order valence-corrected chi connectivity index (χ3v) is 5.55. The van der Waals surface area contributed by atoms with Gasteiger partial charge in [0.2, 0.25) is 12.7 Å². The number of ether oxygens (including phenoxy) is 3. The van der Waals surface area contributed by atoms with Crippen LogP contribution in [0.15, 0.2) is 36.5 Å². The largest absolute Gasteiger partial charge is 0.454 e. The number of aromatic nitrogens is 2. The molecule has 0 radical (unpaired) electrons. The molecule has 5 rings (SSSR count). The molecule has 28 heavy (non-hydrogen) atoms. The van der Waals surface area contributed by atoms with Gasteiger partial charge >= 0.3 is 5.97 Å². The molecule has 0 unspecified atom stereocenters. The Morgan fingerprint density at radius 3 is 2.68 bits per heavy atom. The first kappa shape index (κ1) is 17.1. The summed E-state index contributed by atoms with van der Waals surface area (Å²) in [4.78, 5) is 20.7. The Morgan fingerprint density at radius 2 is 1.93 bits per heavy atom. The number of nitrogens with one attached hydrogen (secondary N) is 1. The SMILES string of the molecule is CC(C)(C)c1cc2cc(OC(=O)C3(c4ccc5c(c4)OCO5)CC3)ncc2[nH]1. The van der Waals surface area contributed by atoms with Crippen LogP contribution in [-0.4, -0.2) is 22.7 Å². The Labute approximate surface area is 162 Å². The molecule has 144 valence electrons. The number of carbonyl (C=O) groups excluding carboxylic acids is 1. The summed E-state index contributed by atoms with van der Waals surface area (Å²) < 4.78 is 16.5. The Hall–Kier alpha value is -3.02. The lowest BCUT2D eigenvalue weighted by Crippen LogP contribution is -2.26. The van der Waals surface area contributed by atoms with Gasteiger partial charge in [0.1, 0.15) is 0 Å². The molecule has 0 amide bonds. The summed E-state index contributed by atoms with van der Waals surface area (Å²) in [7, 11) is 0. The van der Waals surface area contributed by atoms with E-state index >= 15 is 0 Å². The predicted octanol–water partition coefficient (Wildman–Crippen LogP) is 4.23. The molecule has 2 aliphatic rings. The van der Waals surface area contributed by atoms with Gasteiger partial charge in [-0.05, 0) is 36.6 Å². The minimum Gasteiger partial charge on any atom is -0.454 e. The van der Waals surface area contributed by atoms with Gasteiger partial charge in [-0.1, -0.05) is 26.8 Å². The van der Waals surface area contributed by atoms with Gasteiger partial charge in [0.05, 0.1) is 17.1 Å². The molecule has 1 saturated carbocycles. The normalized spacial score (nSPS) is 17.0. The zero-order valence-corrected chi connectivity index (χ0v) is 16.2. The average Bonchev–Trinajstić information content (AvgIpc) is 3.13. The van der Waals surface area contributed by atoms with Gasteiger partial charge in [0.25, 0.3) is 0 Å². The number of aromatic amines is 1. The number of fused-ring (bicyclic) bond motifs is 2. The van der Waals surface area contributed by atoms with Crippen molar-refractivity contribution in [3.63, 3.8) is 0 Å². The first-order valence-corrected chi connectivity index (χ1v) is 9.47. The van der Waals surface area contributed by atoms with Crippen molar-refractivity contribution in [1.82, 2.24) is 9.97 Å². The molecule has 3 heterocycles. The smallest absolute Gasteiger partial charge is 0.323 e. The molecule has 0 spiro atoms. The van der Waals surface area contributed by atoms with Gasteiger partial charge in [-0.25, -0.2) is 4.98 Å². The van der Waals surface area contributed by atoms with Crippen LogP contribution in [0.4, 0.5) is 0 Å². The molecule has 0 bridgehead atoms. The molecular weight excluding hydrogens is 356 g/mol. The van der Waals surface area contributed by atoms with Crippen LogP contribution in [0, 0.1) is 0 Å². The topological polar surface area (TPSA) is 73.4 Å². The molecular formula is C22H22N2O4. The van der Waals surface area contributed by atoms with Gasteiger partial charge in [-0.15, -0.1) is 0 Å². The quantitative estimate of drug-likeness (QED) is 0.691. The third-order valence-electron chi connectivity index (χ3n) is 5.55. The number of benzene rings is 1. The minimum atomic E-state index is -0.619. The van der Waals surface area contributed by atoms with Crippen molar-refractivity contribution in [1.29, 1.82) is 0 Å². The molecule has 2 aromatic heterocycles. The van der Waals surface area contributed by atoms with E-state index in [9.17, 15) is 4.79 Å². The Balaban J connectivity index is 1.40. The van der Waals surface area contributed by atoms with E-state index in [-0.39, 0.29) is 18.2 Å². The van der Waals surface area contributed by atoms with Crippen LogP contribution < -0.4 is 14.2 Å². The summed E-state index contributed by atoms with van der Waals surface area (Å²) in [5.74, 6) is 1.44. The van der Waals surface area contributed by atoms with E-state index in [1.165, 1.54) is 0 Å². The van der Waals surface area contributed by atoms with E-state index in [0.29, 0.717) is 17.4 Å². The van der Waals surface area contributed by atoms with E-state index in [1.807, 2.05) is 24.3 Å². The molecule has 0 saturated heterocycles. The van der Waals surface area contributed by atoms with Crippen molar-refractivity contribution >= 4 is 16.9 Å². The molecule has 1 aliphatic heterocycles. The summed E-state index contributed by atoms with van der Waals surface area (Å²) in [5, 5.41) is 0.982. The maximum atomic E-state index is 13.0. The van der Waals surface area contributed by atoms with Crippen LogP contribution in [0.5, 0.6) is 17.4 Å². The van der Waals surface area contributed by atoms with Crippen molar-refractivity contribution in [2.75, 3.05) is 6.79 Å². The number of hydrogen-bond acceptors (Lipinski definition) is 5. The zero-order chi connectivity index (χ0) is 19.5.